The Morgan fingerprint density at radius 3 is 2.85 bits per heavy atom. The molecule has 0 saturated heterocycles. The summed E-state index contributed by atoms with van der Waals surface area (Å²) in [5.41, 5.74) is 7.15. The smallest absolute Gasteiger partial charge is 0.0740 e. The topological polar surface area (TPSA) is 29.3 Å². The molecule has 20 heavy (non-hydrogen) atoms. The molecule has 110 valence electrons. The van der Waals surface area contributed by atoms with Crippen molar-refractivity contribution in [1.29, 1.82) is 0 Å². The van der Waals surface area contributed by atoms with Crippen LogP contribution in [0.15, 0.2) is 29.2 Å². The highest BCUT2D eigenvalue weighted by Crippen LogP contribution is 2.37. The van der Waals surface area contributed by atoms with Gasteiger partial charge in [-0.2, -0.15) is 0 Å². The first kappa shape index (κ1) is 15.8. The zero-order valence-electron chi connectivity index (χ0n) is 12.3. The predicted molar refractivity (Wildman–Crippen MR) is 92.5 cm³/mol. The van der Waals surface area contributed by atoms with Gasteiger partial charge in [-0.15, -0.1) is 11.8 Å². The molecule has 0 aromatic heterocycles. The second kappa shape index (κ2) is 7.43. The summed E-state index contributed by atoms with van der Waals surface area (Å²) in [4.78, 5) is 4.60. The number of rotatable bonds is 7. The fraction of sp³-hybridized carbons (Fsp3) is 0.562. The Balaban J connectivity index is 1.90. The molecule has 1 aliphatic rings. The molecular formula is C16H24N2S2. The maximum Gasteiger partial charge on any atom is 0.0740 e. The van der Waals surface area contributed by atoms with Gasteiger partial charge in [0.15, 0.2) is 0 Å². The summed E-state index contributed by atoms with van der Waals surface area (Å²) < 4.78 is 0. The third kappa shape index (κ3) is 4.76. The first-order chi connectivity index (χ1) is 9.54. The zero-order valence-corrected chi connectivity index (χ0v) is 14.0. The Labute approximate surface area is 132 Å². The molecule has 1 unspecified atom stereocenters. The Kier molecular flexibility index (Phi) is 5.87. The van der Waals surface area contributed by atoms with E-state index in [2.05, 4.69) is 43.0 Å². The van der Waals surface area contributed by atoms with Crippen LogP contribution in [0.2, 0.25) is 0 Å². The van der Waals surface area contributed by atoms with E-state index < -0.39 is 0 Å². The van der Waals surface area contributed by atoms with Crippen molar-refractivity contribution in [3.05, 3.63) is 29.8 Å². The van der Waals surface area contributed by atoms with Gasteiger partial charge in [0.1, 0.15) is 0 Å². The van der Waals surface area contributed by atoms with Crippen LogP contribution in [0.1, 0.15) is 25.8 Å². The molecule has 1 aromatic carbocycles. The maximum absolute atomic E-state index is 5.65. The van der Waals surface area contributed by atoms with Crippen LogP contribution in [0.25, 0.3) is 0 Å². The van der Waals surface area contributed by atoms with Crippen molar-refractivity contribution in [3.63, 3.8) is 0 Å². The van der Waals surface area contributed by atoms with Gasteiger partial charge in [0, 0.05) is 36.2 Å². The Morgan fingerprint density at radius 1 is 1.45 bits per heavy atom. The maximum atomic E-state index is 5.65. The number of fused-ring (bicyclic) bond motifs is 1. The van der Waals surface area contributed by atoms with Crippen LogP contribution in [0.3, 0.4) is 0 Å². The highest BCUT2D eigenvalue weighted by atomic mass is 32.2. The summed E-state index contributed by atoms with van der Waals surface area (Å²) in [5.74, 6) is 0.676. The van der Waals surface area contributed by atoms with E-state index in [0.717, 1.165) is 26.1 Å². The molecule has 1 heterocycles. The lowest BCUT2D eigenvalue weighted by Gasteiger charge is -2.26. The SMILES string of the molecule is CC(C)CN(CCC(N)=S)CC1Cc2ccccc2S1. The number of benzene rings is 1. The number of hydrogen-bond donors (Lipinski definition) is 1. The molecule has 0 fully saturated rings. The van der Waals surface area contributed by atoms with Crippen molar-refractivity contribution >= 4 is 29.0 Å². The van der Waals surface area contributed by atoms with Crippen molar-refractivity contribution in [2.75, 3.05) is 19.6 Å². The van der Waals surface area contributed by atoms with Crippen LogP contribution in [-0.2, 0) is 6.42 Å². The summed E-state index contributed by atoms with van der Waals surface area (Å²) in [5, 5.41) is 0.664. The van der Waals surface area contributed by atoms with E-state index in [4.69, 9.17) is 18.0 Å². The standard InChI is InChI=1S/C16H24N2S2/c1-12(2)10-18(8-7-16(17)19)11-14-9-13-5-3-4-6-15(13)20-14/h3-6,12,14H,7-11H2,1-2H3,(H2,17,19). The zero-order chi connectivity index (χ0) is 14.5. The van der Waals surface area contributed by atoms with Crippen LogP contribution >= 0.6 is 24.0 Å². The molecule has 1 aromatic rings. The average molecular weight is 309 g/mol. The molecule has 2 nitrogen and oxygen atoms in total. The predicted octanol–water partition coefficient (Wildman–Crippen LogP) is 3.34. The summed E-state index contributed by atoms with van der Waals surface area (Å²) >= 11 is 7.03. The molecule has 1 aliphatic heterocycles. The Morgan fingerprint density at radius 2 is 2.20 bits per heavy atom. The number of hydrogen-bond acceptors (Lipinski definition) is 3. The van der Waals surface area contributed by atoms with Gasteiger partial charge >= 0.3 is 0 Å². The number of thioether (sulfide) groups is 1. The molecule has 2 N–H and O–H groups in total. The lowest BCUT2D eigenvalue weighted by Crippen LogP contribution is -2.36. The summed E-state index contributed by atoms with van der Waals surface area (Å²) in [6, 6.07) is 8.76. The van der Waals surface area contributed by atoms with Crippen LogP contribution < -0.4 is 5.73 Å². The summed E-state index contributed by atoms with van der Waals surface area (Å²) in [6.45, 7) is 7.77. The minimum Gasteiger partial charge on any atom is -0.393 e. The van der Waals surface area contributed by atoms with Gasteiger partial charge in [-0.3, -0.25) is 0 Å². The van der Waals surface area contributed by atoms with Crippen molar-refractivity contribution in [1.82, 2.24) is 4.90 Å². The molecule has 0 radical (unpaired) electrons. The van der Waals surface area contributed by atoms with E-state index in [1.807, 2.05) is 11.8 Å². The minimum absolute atomic E-state index is 0.626. The fourth-order valence-electron chi connectivity index (χ4n) is 2.69. The van der Waals surface area contributed by atoms with Crippen molar-refractivity contribution in [2.45, 2.75) is 36.8 Å². The molecule has 0 aliphatic carbocycles. The molecular weight excluding hydrogens is 284 g/mol. The average Bonchev–Trinajstić information content (AvgIpc) is 2.77. The van der Waals surface area contributed by atoms with E-state index in [9.17, 15) is 0 Å². The first-order valence-electron chi connectivity index (χ1n) is 7.30. The number of thiocarbonyl (C=S) groups is 1. The van der Waals surface area contributed by atoms with Gasteiger partial charge in [0.05, 0.1) is 4.99 Å². The lowest BCUT2D eigenvalue weighted by molar-refractivity contribution is 0.252. The van der Waals surface area contributed by atoms with E-state index >= 15 is 0 Å². The Bertz CT molecular complexity index is 435. The molecule has 0 saturated carbocycles. The molecule has 2 rings (SSSR count). The normalized spacial score (nSPS) is 17.7. The second-order valence-electron chi connectivity index (χ2n) is 5.92. The van der Waals surface area contributed by atoms with E-state index in [1.165, 1.54) is 16.9 Å². The monoisotopic (exact) mass is 308 g/mol. The molecule has 0 amide bonds. The Hall–Kier alpha value is -0.580. The third-order valence-corrected chi connectivity index (χ3v) is 4.98. The van der Waals surface area contributed by atoms with Crippen LogP contribution in [-0.4, -0.2) is 34.8 Å². The van der Waals surface area contributed by atoms with Gasteiger partial charge in [-0.25, -0.2) is 0 Å². The summed E-state index contributed by atoms with van der Waals surface area (Å²) in [7, 11) is 0. The number of nitrogens with zero attached hydrogens (tertiary/aromatic N) is 1. The lowest BCUT2D eigenvalue weighted by atomic mass is 10.1. The van der Waals surface area contributed by atoms with Gasteiger partial charge in [-0.05, 0) is 24.0 Å². The highest BCUT2D eigenvalue weighted by Gasteiger charge is 2.24. The van der Waals surface area contributed by atoms with Crippen molar-refractivity contribution in [2.24, 2.45) is 11.7 Å². The second-order valence-corrected chi connectivity index (χ2v) is 7.79. The van der Waals surface area contributed by atoms with E-state index in [0.29, 0.717) is 16.2 Å². The van der Waals surface area contributed by atoms with Crippen molar-refractivity contribution < 1.29 is 0 Å². The van der Waals surface area contributed by atoms with Crippen LogP contribution in [0, 0.1) is 5.92 Å². The highest BCUT2D eigenvalue weighted by molar-refractivity contribution is 8.00. The first-order valence-corrected chi connectivity index (χ1v) is 8.58. The molecule has 4 heteroatoms. The molecule has 0 spiro atoms. The largest absolute Gasteiger partial charge is 0.393 e. The van der Waals surface area contributed by atoms with Crippen LogP contribution in [0.5, 0.6) is 0 Å². The fourth-order valence-corrected chi connectivity index (χ4v) is 4.14. The van der Waals surface area contributed by atoms with E-state index in [-0.39, 0.29) is 0 Å². The van der Waals surface area contributed by atoms with Gasteiger partial charge in [0.2, 0.25) is 0 Å². The number of nitrogens with two attached hydrogens (primary N) is 1. The van der Waals surface area contributed by atoms with Gasteiger partial charge in [0.25, 0.3) is 0 Å². The third-order valence-electron chi connectivity index (χ3n) is 3.47. The molecule has 1 atom stereocenters. The van der Waals surface area contributed by atoms with Crippen LogP contribution in [0.4, 0.5) is 0 Å². The quantitative estimate of drug-likeness (QED) is 0.782. The van der Waals surface area contributed by atoms with Crippen molar-refractivity contribution in [3.8, 4) is 0 Å². The van der Waals surface area contributed by atoms with Gasteiger partial charge in [-0.1, -0.05) is 44.3 Å². The summed E-state index contributed by atoms with van der Waals surface area (Å²) in [6.07, 6.45) is 2.01. The minimum atomic E-state index is 0.626. The molecule has 0 bridgehead atoms. The van der Waals surface area contributed by atoms with E-state index in [1.54, 1.807) is 0 Å². The van der Waals surface area contributed by atoms with Gasteiger partial charge < -0.3 is 10.6 Å².